The minimum absolute atomic E-state index is 0.0276. The van der Waals surface area contributed by atoms with Crippen molar-refractivity contribution in [2.75, 3.05) is 13.1 Å². The van der Waals surface area contributed by atoms with Crippen LogP contribution in [0.2, 0.25) is 0 Å². The molecule has 0 spiro atoms. The molecule has 1 unspecified atom stereocenters. The second-order valence-corrected chi connectivity index (χ2v) is 4.61. The highest BCUT2D eigenvalue weighted by Crippen LogP contribution is 2.30. The van der Waals surface area contributed by atoms with Crippen LogP contribution in [0.1, 0.15) is 24.4 Å². The highest BCUT2D eigenvalue weighted by atomic mass is 16.6. The van der Waals surface area contributed by atoms with Gasteiger partial charge >= 0.3 is 0 Å². The first kappa shape index (κ1) is 13.5. The van der Waals surface area contributed by atoms with Gasteiger partial charge in [0, 0.05) is 19.2 Å². The van der Waals surface area contributed by atoms with E-state index < -0.39 is 11.0 Å². The predicted octanol–water partition coefficient (Wildman–Crippen LogP) is 1.62. The number of aliphatic hydroxyl groups excluding tert-OH is 1. The normalized spacial score (nSPS) is 18.7. The van der Waals surface area contributed by atoms with Crippen molar-refractivity contribution in [3.05, 3.63) is 39.9 Å². The number of nitrogens with zero attached hydrogens (tertiary/aromatic N) is 3. The third-order valence-electron chi connectivity index (χ3n) is 3.41. The first-order valence-corrected chi connectivity index (χ1v) is 6.18. The first-order valence-electron chi connectivity index (χ1n) is 6.18. The molecule has 0 aromatic heterocycles. The number of nitriles is 1. The van der Waals surface area contributed by atoms with Crippen LogP contribution >= 0.6 is 0 Å². The number of likely N-dealkylation sites (tertiary alicyclic amines) is 1. The number of para-hydroxylation sites is 1. The second kappa shape index (κ2) is 5.78. The number of hydrogen-bond donors (Lipinski definition) is 1. The molecular formula is C13H15N3O3. The molecule has 0 aliphatic carbocycles. The predicted molar refractivity (Wildman–Crippen MR) is 68.3 cm³/mol. The fourth-order valence-corrected chi connectivity index (χ4v) is 2.38. The maximum absolute atomic E-state index is 11.0. The van der Waals surface area contributed by atoms with E-state index in [1.54, 1.807) is 18.2 Å². The van der Waals surface area contributed by atoms with Gasteiger partial charge < -0.3 is 5.11 Å². The van der Waals surface area contributed by atoms with Crippen LogP contribution in [0.25, 0.3) is 0 Å². The number of piperidine rings is 1. The summed E-state index contributed by atoms with van der Waals surface area (Å²) in [6.45, 7) is 1.15. The molecular weight excluding hydrogens is 246 g/mol. The van der Waals surface area contributed by atoms with E-state index in [4.69, 9.17) is 0 Å². The third kappa shape index (κ3) is 2.89. The monoisotopic (exact) mass is 261 g/mol. The Morgan fingerprint density at radius 2 is 2.05 bits per heavy atom. The molecule has 6 nitrogen and oxygen atoms in total. The molecule has 2 rings (SSSR count). The Bertz CT molecular complexity index is 504. The zero-order valence-electron chi connectivity index (χ0n) is 10.4. The zero-order valence-corrected chi connectivity index (χ0v) is 10.4. The van der Waals surface area contributed by atoms with Crippen LogP contribution < -0.4 is 0 Å². The lowest BCUT2D eigenvalue weighted by Gasteiger charge is -2.32. The zero-order chi connectivity index (χ0) is 13.8. The summed E-state index contributed by atoms with van der Waals surface area (Å²) >= 11 is 0. The molecule has 0 bridgehead atoms. The maximum Gasteiger partial charge on any atom is 0.275 e. The van der Waals surface area contributed by atoms with E-state index in [1.807, 2.05) is 4.90 Å². The molecule has 1 saturated heterocycles. The summed E-state index contributed by atoms with van der Waals surface area (Å²) in [7, 11) is 0. The van der Waals surface area contributed by atoms with Crippen molar-refractivity contribution in [1.29, 1.82) is 5.26 Å². The quantitative estimate of drug-likeness (QED) is 0.659. The Hall–Kier alpha value is -1.97. The van der Waals surface area contributed by atoms with Crippen LogP contribution in [0.5, 0.6) is 0 Å². The van der Waals surface area contributed by atoms with E-state index in [9.17, 15) is 20.5 Å². The van der Waals surface area contributed by atoms with Gasteiger partial charge in [-0.1, -0.05) is 12.1 Å². The van der Waals surface area contributed by atoms with E-state index in [-0.39, 0.29) is 11.8 Å². The molecule has 100 valence electrons. The summed E-state index contributed by atoms with van der Waals surface area (Å²) in [4.78, 5) is 12.4. The van der Waals surface area contributed by atoms with Crippen LogP contribution in [-0.4, -0.2) is 34.1 Å². The molecule has 0 radical (unpaired) electrons. The maximum atomic E-state index is 11.0. The van der Waals surface area contributed by atoms with Crippen molar-refractivity contribution >= 4 is 5.69 Å². The van der Waals surface area contributed by atoms with Crippen LogP contribution in [0.15, 0.2) is 24.3 Å². The molecule has 19 heavy (non-hydrogen) atoms. The standard InChI is InChI=1S/C13H15N3O3/c14-9-13(15-7-5-10(17)6-8-15)11-3-1-2-4-12(11)16(18)19/h1-4,10,13,17H,5-8H2. The van der Waals surface area contributed by atoms with Gasteiger partial charge in [-0.15, -0.1) is 0 Å². The van der Waals surface area contributed by atoms with E-state index >= 15 is 0 Å². The van der Waals surface area contributed by atoms with Gasteiger partial charge in [-0.3, -0.25) is 15.0 Å². The molecule has 0 saturated carbocycles. The topological polar surface area (TPSA) is 90.4 Å². The van der Waals surface area contributed by atoms with E-state index in [0.29, 0.717) is 31.5 Å². The Balaban J connectivity index is 2.28. The van der Waals surface area contributed by atoms with Gasteiger partial charge in [0.2, 0.25) is 0 Å². The molecule has 1 atom stereocenters. The summed E-state index contributed by atoms with van der Waals surface area (Å²) in [5.74, 6) is 0. The molecule has 6 heteroatoms. The summed E-state index contributed by atoms with van der Waals surface area (Å²) < 4.78 is 0. The molecule has 0 amide bonds. The minimum Gasteiger partial charge on any atom is -0.393 e. The van der Waals surface area contributed by atoms with Gasteiger partial charge in [0.25, 0.3) is 5.69 Å². The van der Waals surface area contributed by atoms with E-state index in [0.717, 1.165) is 0 Å². The van der Waals surface area contributed by atoms with Crippen LogP contribution in [0.3, 0.4) is 0 Å². The van der Waals surface area contributed by atoms with Gasteiger partial charge in [0.05, 0.1) is 22.7 Å². The lowest BCUT2D eigenvalue weighted by atomic mass is 10.00. The molecule has 1 aliphatic heterocycles. The van der Waals surface area contributed by atoms with Gasteiger partial charge in [-0.05, 0) is 18.9 Å². The number of rotatable bonds is 3. The van der Waals surface area contributed by atoms with Crippen molar-refractivity contribution in [2.45, 2.75) is 25.0 Å². The van der Waals surface area contributed by atoms with Crippen molar-refractivity contribution < 1.29 is 10.0 Å². The highest BCUT2D eigenvalue weighted by Gasteiger charge is 2.29. The fourth-order valence-electron chi connectivity index (χ4n) is 2.38. The van der Waals surface area contributed by atoms with Gasteiger partial charge in [-0.2, -0.15) is 5.26 Å². The Labute approximate surface area is 111 Å². The van der Waals surface area contributed by atoms with Crippen LogP contribution in [0, 0.1) is 21.4 Å². The second-order valence-electron chi connectivity index (χ2n) is 4.61. The smallest absolute Gasteiger partial charge is 0.275 e. The number of hydrogen-bond acceptors (Lipinski definition) is 5. The van der Waals surface area contributed by atoms with Crippen LogP contribution in [0.4, 0.5) is 5.69 Å². The summed E-state index contributed by atoms with van der Waals surface area (Å²) in [6, 6.07) is 7.84. The largest absolute Gasteiger partial charge is 0.393 e. The number of benzene rings is 1. The summed E-state index contributed by atoms with van der Waals surface area (Å²) in [5.41, 5.74) is 0.395. The fraction of sp³-hybridized carbons (Fsp3) is 0.462. The number of nitro groups is 1. The van der Waals surface area contributed by atoms with Crippen molar-refractivity contribution in [3.8, 4) is 6.07 Å². The molecule has 1 heterocycles. The first-order chi connectivity index (χ1) is 9.13. The molecule has 1 N–H and O–H groups in total. The average Bonchev–Trinajstić information content (AvgIpc) is 2.42. The van der Waals surface area contributed by atoms with Gasteiger partial charge in [0.15, 0.2) is 0 Å². The Morgan fingerprint density at radius 3 is 2.63 bits per heavy atom. The Morgan fingerprint density at radius 1 is 1.42 bits per heavy atom. The van der Waals surface area contributed by atoms with Crippen molar-refractivity contribution in [1.82, 2.24) is 4.90 Å². The molecule has 1 aromatic carbocycles. The summed E-state index contributed by atoms with van der Waals surface area (Å²) in [5, 5.41) is 29.8. The summed E-state index contributed by atoms with van der Waals surface area (Å²) in [6.07, 6.45) is 0.860. The average molecular weight is 261 g/mol. The van der Waals surface area contributed by atoms with E-state index in [1.165, 1.54) is 6.07 Å². The minimum atomic E-state index is -0.630. The van der Waals surface area contributed by atoms with Crippen LogP contribution in [-0.2, 0) is 0 Å². The van der Waals surface area contributed by atoms with Gasteiger partial charge in [-0.25, -0.2) is 0 Å². The van der Waals surface area contributed by atoms with Crippen molar-refractivity contribution in [3.63, 3.8) is 0 Å². The molecule has 1 aromatic rings. The number of aliphatic hydroxyl groups is 1. The van der Waals surface area contributed by atoms with E-state index in [2.05, 4.69) is 6.07 Å². The van der Waals surface area contributed by atoms with Gasteiger partial charge in [0.1, 0.15) is 6.04 Å². The molecule has 1 aliphatic rings. The molecule has 1 fully saturated rings. The SMILES string of the molecule is N#CC(c1ccccc1[N+](=O)[O-])N1CCC(O)CC1. The lowest BCUT2D eigenvalue weighted by Crippen LogP contribution is -2.38. The highest BCUT2D eigenvalue weighted by molar-refractivity contribution is 5.44. The Kier molecular flexibility index (Phi) is 4.10. The third-order valence-corrected chi connectivity index (χ3v) is 3.41. The lowest BCUT2D eigenvalue weighted by molar-refractivity contribution is -0.385. The van der Waals surface area contributed by atoms with Crippen molar-refractivity contribution in [2.24, 2.45) is 0 Å². The number of nitro benzene ring substituents is 1.